The van der Waals surface area contributed by atoms with Crippen LogP contribution in [-0.4, -0.2) is 33.3 Å². The Morgan fingerprint density at radius 1 is 1.20 bits per heavy atom. The van der Waals surface area contributed by atoms with Gasteiger partial charge in [0.25, 0.3) is 0 Å². The summed E-state index contributed by atoms with van der Waals surface area (Å²) in [6.45, 7) is 1.90. The van der Waals surface area contributed by atoms with Gasteiger partial charge in [0.1, 0.15) is 10.9 Å². The summed E-state index contributed by atoms with van der Waals surface area (Å²) in [6, 6.07) is 13.4. The zero-order valence-electron chi connectivity index (χ0n) is 13.8. The van der Waals surface area contributed by atoms with E-state index in [0.717, 1.165) is 28.1 Å². The molecule has 0 atom stereocenters. The van der Waals surface area contributed by atoms with Crippen LogP contribution in [0.15, 0.2) is 58.2 Å². The Morgan fingerprint density at radius 3 is 2.80 bits per heavy atom. The topological polar surface area (TPSA) is 63.6 Å². The van der Waals surface area contributed by atoms with E-state index in [1.54, 1.807) is 18.2 Å². The van der Waals surface area contributed by atoms with Crippen LogP contribution in [-0.2, 0) is 4.79 Å². The molecule has 0 aliphatic heterocycles. The van der Waals surface area contributed by atoms with E-state index >= 15 is 0 Å². The minimum Gasteiger partial charge on any atom is -0.463 e. The maximum absolute atomic E-state index is 12.5. The third kappa shape index (κ3) is 2.76. The van der Waals surface area contributed by atoms with Crippen molar-refractivity contribution >= 4 is 40.0 Å². The number of carbonyl (C=O) groups is 1. The molecule has 0 bridgehead atoms. The molecular weight excluding hydrogens is 336 g/mol. The number of hydrogen-bond donors (Lipinski definition) is 0. The Morgan fingerprint density at radius 2 is 2.00 bits per heavy atom. The van der Waals surface area contributed by atoms with Gasteiger partial charge in [-0.2, -0.15) is 0 Å². The van der Waals surface area contributed by atoms with Crippen LogP contribution < -0.4 is 4.90 Å². The van der Waals surface area contributed by atoms with E-state index in [0.29, 0.717) is 5.03 Å². The van der Waals surface area contributed by atoms with Crippen LogP contribution >= 0.6 is 11.8 Å². The maximum Gasteiger partial charge on any atom is 0.237 e. The summed E-state index contributed by atoms with van der Waals surface area (Å²) in [5, 5.41) is 9.20. The molecule has 126 valence electrons. The molecule has 0 spiro atoms. The Kier molecular flexibility index (Phi) is 3.93. The van der Waals surface area contributed by atoms with Gasteiger partial charge in [-0.05, 0) is 19.1 Å². The van der Waals surface area contributed by atoms with Gasteiger partial charge in [0, 0.05) is 24.9 Å². The number of anilines is 1. The molecule has 0 fully saturated rings. The summed E-state index contributed by atoms with van der Waals surface area (Å²) in [5.74, 6) is 1.07. The standard InChI is InChI=1S/C18H16N4O2S/c1-12-19-20-18(15-10-16-14(22(12)15)8-9-24-16)25-11-17(23)21(2)13-6-4-3-5-7-13/h3-10H,11H2,1-2H3. The molecule has 0 aliphatic carbocycles. The third-order valence-electron chi connectivity index (χ3n) is 4.10. The molecule has 6 nitrogen and oxygen atoms in total. The molecule has 4 aromatic rings. The lowest BCUT2D eigenvalue weighted by Crippen LogP contribution is -2.27. The van der Waals surface area contributed by atoms with Gasteiger partial charge >= 0.3 is 0 Å². The van der Waals surface area contributed by atoms with Crippen molar-refractivity contribution in [3.05, 3.63) is 54.6 Å². The quantitative estimate of drug-likeness (QED) is 0.526. The van der Waals surface area contributed by atoms with Crippen LogP contribution in [0.2, 0.25) is 0 Å². The van der Waals surface area contributed by atoms with E-state index in [-0.39, 0.29) is 11.7 Å². The predicted octanol–water partition coefficient (Wildman–Crippen LogP) is 3.54. The number of aryl methyl sites for hydroxylation is 1. The highest BCUT2D eigenvalue weighted by atomic mass is 32.2. The van der Waals surface area contributed by atoms with Crippen LogP contribution in [0.1, 0.15) is 5.82 Å². The molecule has 0 aliphatic rings. The Balaban J connectivity index is 1.59. The second-order valence-electron chi connectivity index (χ2n) is 5.66. The van der Waals surface area contributed by atoms with E-state index < -0.39 is 0 Å². The lowest BCUT2D eigenvalue weighted by atomic mass is 10.3. The van der Waals surface area contributed by atoms with Gasteiger partial charge in [0.05, 0.1) is 23.0 Å². The molecule has 7 heteroatoms. The summed E-state index contributed by atoms with van der Waals surface area (Å²) in [7, 11) is 1.78. The molecule has 3 heterocycles. The normalized spacial score (nSPS) is 11.3. The second-order valence-corrected chi connectivity index (χ2v) is 6.63. The first-order valence-corrected chi connectivity index (χ1v) is 8.80. The zero-order chi connectivity index (χ0) is 17.4. The van der Waals surface area contributed by atoms with Crippen molar-refractivity contribution in [2.45, 2.75) is 11.9 Å². The number of furan rings is 1. The monoisotopic (exact) mass is 352 g/mol. The highest BCUT2D eigenvalue weighted by molar-refractivity contribution is 8.00. The number of rotatable bonds is 4. The Labute approximate surface area is 148 Å². The van der Waals surface area contributed by atoms with Crippen molar-refractivity contribution in [3.63, 3.8) is 0 Å². The summed E-state index contributed by atoms with van der Waals surface area (Å²) in [5.41, 5.74) is 3.51. The van der Waals surface area contributed by atoms with Crippen LogP contribution in [0.4, 0.5) is 5.69 Å². The van der Waals surface area contributed by atoms with Gasteiger partial charge in [0.2, 0.25) is 5.91 Å². The Bertz CT molecular complexity index is 1060. The predicted molar refractivity (Wildman–Crippen MR) is 98.1 cm³/mol. The maximum atomic E-state index is 12.5. The molecule has 4 rings (SSSR count). The van der Waals surface area contributed by atoms with Gasteiger partial charge in [-0.1, -0.05) is 30.0 Å². The van der Waals surface area contributed by atoms with Gasteiger partial charge in [-0.15, -0.1) is 10.2 Å². The van der Waals surface area contributed by atoms with Crippen molar-refractivity contribution < 1.29 is 9.21 Å². The van der Waals surface area contributed by atoms with Crippen molar-refractivity contribution in [1.29, 1.82) is 0 Å². The number of thioether (sulfide) groups is 1. The average molecular weight is 352 g/mol. The molecule has 0 radical (unpaired) electrons. The van der Waals surface area contributed by atoms with Crippen molar-refractivity contribution in [2.75, 3.05) is 17.7 Å². The molecule has 1 amide bonds. The Hall–Kier alpha value is -2.80. The van der Waals surface area contributed by atoms with Crippen molar-refractivity contribution in [2.24, 2.45) is 0 Å². The minimum absolute atomic E-state index is 0.00645. The molecular formula is C18H16N4O2S. The van der Waals surface area contributed by atoms with E-state index in [2.05, 4.69) is 10.2 Å². The average Bonchev–Trinajstić information content (AvgIpc) is 3.22. The highest BCUT2D eigenvalue weighted by Gasteiger charge is 2.16. The lowest BCUT2D eigenvalue weighted by Gasteiger charge is -2.16. The molecule has 25 heavy (non-hydrogen) atoms. The second kappa shape index (κ2) is 6.25. The number of benzene rings is 1. The van der Waals surface area contributed by atoms with E-state index in [4.69, 9.17) is 4.42 Å². The fourth-order valence-corrected chi connectivity index (χ4v) is 3.62. The van der Waals surface area contributed by atoms with Gasteiger partial charge in [0.15, 0.2) is 5.58 Å². The van der Waals surface area contributed by atoms with Gasteiger partial charge in [-0.3, -0.25) is 9.20 Å². The van der Waals surface area contributed by atoms with Crippen LogP contribution in [0.25, 0.3) is 16.6 Å². The number of carbonyl (C=O) groups excluding carboxylic acids is 1. The van der Waals surface area contributed by atoms with Gasteiger partial charge < -0.3 is 9.32 Å². The van der Waals surface area contributed by atoms with Crippen LogP contribution in [0, 0.1) is 6.92 Å². The largest absolute Gasteiger partial charge is 0.463 e. The SMILES string of the molecule is Cc1nnc(SCC(=O)N(C)c2ccccc2)c2cc3occc3n12. The number of fused-ring (bicyclic) bond motifs is 3. The lowest BCUT2D eigenvalue weighted by molar-refractivity contribution is -0.115. The number of amides is 1. The molecule has 0 saturated carbocycles. The summed E-state index contributed by atoms with van der Waals surface area (Å²) >= 11 is 1.38. The summed E-state index contributed by atoms with van der Waals surface area (Å²) in [4.78, 5) is 14.1. The molecule has 0 N–H and O–H groups in total. The van der Waals surface area contributed by atoms with Crippen molar-refractivity contribution in [3.8, 4) is 0 Å². The number of nitrogens with zero attached hydrogens (tertiary/aromatic N) is 4. The fourth-order valence-electron chi connectivity index (χ4n) is 2.77. The van der Waals surface area contributed by atoms with E-state index in [9.17, 15) is 4.79 Å². The molecule has 3 aromatic heterocycles. The number of hydrogen-bond acceptors (Lipinski definition) is 5. The third-order valence-corrected chi connectivity index (χ3v) is 5.06. The van der Waals surface area contributed by atoms with Gasteiger partial charge in [-0.25, -0.2) is 0 Å². The number of aromatic nitrogens is 3. The highest BCUT2D eigenvalue weighted by Crippen LogP contribution is 2.28. The summed E-state index contributed by atoms with van der Waals surface area (Å²) in [6.07, 6.45) is 1.65. The van der Waals surface area contributed by atoms with Crippen molar-refractivity contribution in [1.82, 2.24) is 14.6 Å². The first-order valence-electron chi connectivity index (χ1n) is 7.81. The fraction of sp³-hybridized carbons (Fsp3) is 0.167. The molecule has 0 saturated heterocycles. The van der Waals surface area contributed by atoms with E-state index in [1.165, 1.54) is 11.8 Å². The first kappa shape index (κ1) is 15.7. The van der Waals surface area contributed by atoms with E-state index in [1.807, 2.05) is 53.8 Å². The zero-order valence-corrected chi connectivity index (χ0v) is 14.7. The molecule has 1 aromatic carbocycles. The number of para-hydroxylation sites is 1. The summed E-state index contributed by atoms with van der Waals surface area (Å²) < 4.78 is 7.47. The smallest absolute Gasteiger partial charge is 0.237 e. The van der Waals surface area contributed by atoms with Crippen LogP contribution in [0.3, 0.4) is 0 Å². The van der Waals surface area contributed by atoms with Crippen LogP contribution in [0.5, 0.6) is 0 Å². The molecule has 0 unspecified atom stereocenters. The first-order chi connectivity index (χ1) is 12.1. The minimum atomic E-state index is 0.00645.